The quantitative estimate of drug-likeness (QED) is 0.0262. The van der Waals surface area contributed by atoms with Crippen molar-refractivity contribution in [3.8, 4) is 0 Å². The van der Waals surface area contributed by atoms with Gasteiger partial charge in [-0.15, -0.1) is 0 Å². The molecule has 0 bridgehead atoms. The van der Waals surface area contributed by atoms with Gasteiger partial charge in [-0.1, -0.05) is 249 Å². The summed E-state index contributed by atoms with van der Waals surface area (Å²) in [5, 5.41) is 0. The van der Waals surface area contributed by atoms with E-state index < -0.39 is 6.10 Å². The number of hydrogen-bond donors (Lipinski definition) is 0. The van der Waals surface area contributed by atoms with Gasteiger partial charge in [-0.2, -0.15) is 0 Å². The summed E-state index contributed by atoms with van der Waals surface area (Å²) in [4.78, 5) is 38.0. The largest absolute Gasteiger partial charge is 0.462 e. The van der Waals surface area contributed by atoms with E-state index in [9.17, 15) is 14.4 Å². The predicted octanol–water partition coefficient (Wildman–Crippen LogP) is 17.9. The Labute approximate surface area is 390 Å². The average molecular weight is 883 g/mol. The normalized spacial score (nSPS) is 12.4. The van der Waals surface area contributed by atoms with Crippen LogP contribution in [-0.4, -0.2) is 37.2 Å². The van der Waals surface area contributed by atoms with Crippen LogP contribution in [0.5, 0.6) is 0 Å². The Balaban J connectivity index is 4.35. The standard InChI is InChI=1S/C57H102O6/c1-4-7-10-13-16-19-22-24-26-27-28-29-31-32-35-38-41-44-47-50-56(59)62-53-54(52-61-55(58)49-46-43-40-37-34-21-18-15-12-9-6-3)63-57(60)51-48-45-42-39-36-33-30-25-23-20-17-14-11-8-5-2/h8,11,17,20,25,30,36,39,54H,4-7,9-10,12-16,18-19,21-24,26-29,31-35,37-38,40-53H2,1-3H3/b11-8-,20-17-,30-25-,39-36-/t54-/m0/s1. The van der Waals surface area contributed by atoms with Gasteiger partial charge in [0.1, 0.15) is 13.2 Å². The van der Waals surface area contributed by atoms with E-state index in [2.05, 4.69) is 69.4 Å². The molecule has 0 saturated carbocycles. The van der Waals surface area contributed by atoms with Crippen molar-refractivity contribution in [1.29, 1.82) is 0 Å². The first kappa shape index (κ1) is 60.4. The van der Waals surface area contributed by atoms with Crippen molar-refractivity contribution < 1.29 is 28.6 Å². The van der Waals surface area contributed by atoms with Crippen LogP contribution < -0.4 is 0 Å². The molecule has 63 heavy (non-hydrogen) atoms. The van der Waals surface area contributed by atoms with Gasteiger partial charge in [0, 0.05) is 19.3 Å². The minimum atomic E-state index is -0.790. The first-order valence-electron chi connectivity index (χ1n) is 27.1. The maximum absolute atomic E-state index is 12.8. The average Bonchev–Trinajstić information content (AvgIpc) is 3.28. The number of allylic oxidation sites excluding steroid dienone is 8. The molecule has 0 saturated heterocycles. The third-order valence-electron chi connectivity index (χ3n) is 11.8. The predicted molar refractivity (Wildman–Crippen MR) is 270 cm³/mol. The van der Waals surface area contributed by atoms with Crippen LogP contribution >= 0.6 is 0 Å². The van der Waals surface area contributed by atoms with E-state index in [0.717, 1.165) is 77.0 Å². The molecule has 0 spiro atoms. The summed E-state index contributed by atoms with van der Waals surface area (Å²) in [6, 6.07) is 0. The van der Waals surface area contributed by atoms with Gasteiger partial charge in [-0.05, 0) is 57.8 Å². The van der Waals surface area contributed by atoms with E-state index in [0.29, 0.717) is 19.3 Å². The lowest BCUT2D eigenvalue weighted by molar-refractivity contribution is -0.167. The molecular weight excluding hydrogens is 781 g/mol. The van der Waals surface area contributed by atoms with Crippen molar-refractivity contribution in [2.75, 3.05) is 13.2 Å². The fourth-order valence-electron chi connectivity index (χ4n) is 7.79. The molecule has 6 heteroatoms. The highest BCUT2D eigenvalue weighted by Crippen LogP contribution is 2.16. The van der Waals surface area contributed by atoms with Crippen molar-refractivity contribution in [3.63, 3.8) is 0 Å². The second kappa shape index (κ2) is 52.0. The van der Waals surface area contributed by atoms with Crippen LogP contribution in [0.15, 0.2) is 48.6 Å². The molecule has 0 aliphatic carbocycles. The third kappa shape index (κ3) is 50.2. The Morgan fingerprint density at radius 3 is 0.968 bits per heavy atom. The van der Waals surface area contributed by atoms with Crippen molar-refractivity contribution in [3.05, 3.63) is 48.6 Å². The minimum absolute atomic E-state index is 0.0859. The maximum atomic E-state index is 12.8. The van der Waals surface area contributed by atoms with Crippen LogP contribution in [-0.2, 0) is 28.6 Å². The molecular formula is C57H102O6. The summed E-state index contributed by atoms with van der Waals surface area (Å²) in [6.07, 6.45) is 62.5. The molecule has 0 rings (SSSR count). The number of unbranched alkanes of at least 4 members (excludes halogenated alkanes) is 30. The summed E-state index contributed by atoms with van der Waals surface area (Å²) < 4.78 is 16.8. The lowest BCUT2D eigenvalue weighted by Gasteiger charge is -2.18. The smallest absolute Gasteiger partial charge is 0.306 e. The number of carbonyl (C=O) groups excluding carboxylic acids is 3. The summed E-state index contributed by atoms with van der Waals surface area (Å²) in [5.74, 6) is -0.917. The highest BCUT2D eigenvalue weighted by Gasteiger charge is 2.19. The molecule has 366 valence electrons. The van der Waals surface area contributed by atoms with Gasteiger partial charge >= 0.3 is 17.9 Å². The Hall–Kier alpha value is -2.63. The molecule has 0 aromatic heterocycles. The molecule has 0 aliphatic heterocycles. The van der Waals surface area contributed by atoms with E-state index in [4.69, 9.17) is 14.2 Å². The Morgan fingerprint density at radius 1 is 0.333 bits per heavy atom. The van der Waals surface area contributed by atoms with Gasteiger partial charge in [-0.25, -0.2) is 0 Å². The molecule has 0 amide bonds. The number of carbonyl (C=O) groups is 3. The topological polar surface area (TPSA) is 78.9 Å². The van der Waals surface area contributed by atoms with Gasteiger partial charge in [0.25, 0.3) is 0 Å². The van der Waals surface area contributed by atoms with Crippen LogP contribution in [0.25, 0.3) is 0 Å². The Morgan fingerprint density at radius 2 is 0.619 bits per heavy atom. The van der Waals surface area contributed by atoms with Gasteiger partial charge in [0.2, 0.25) is 0 Å². The second-order valence-corrected chi connectivity index (χ2v) is 18.1. The van der Waals surface area contributed by atoms with Crippen LogP contribution in [0, 0.1) is 0 Å². The first-order chi connectivity index (χ1) is 31.0. The van der Waals surface area contributed by atoms with Crippen molar-refractivity contribution in [2.45, 2.75) is 284 Å². The zero-order valence-corrected chi connectivity index (χ0v) is 41.8. The zero-order valence-electron chi connectivity index (χ0n) is 41.8. The van der Waals surface area contributed by atoms with E-state index >= 15 is 0 Å². The van der Waals surface area contributed by atoms with E-state index in [1.165, 1.54) is 154 Å². The molecule has 1 atom stereocenters. The summed E-state index contributed by atoms with van der Waals surface area (Å²) >= 11 is 0. The lowest BCUT2D eigenvalue weighted by atomic mass is 10.0. The number of rotatable bonds is 49. The van der Waals surface area contributed by atoms with Crippen LogP contribution in [0.2, 0.25) is 0 Å². The fraction of sp³-hybridized carbons (Fsp3) is 0.807. The minimum Gasteiger partial charge on any atom is -0.462 e. The van der Waals surface area contributed by atoms with E-state index in [1.807, 2.05) is 0 Å². The molecule has 0 fully saturated rings. The second-order valence-electron chi connectivity index (χ2n) is 18.1. The molecule has 0 heterocycles. The summed E-state index contributed by atoms with van der Waals surface area (Å²) in [5.41, 5.74) is 0. The number of ether oxygens (including phenoxy) is 3. The Bertz CT molecular complexity index is 1110. The van der Waals surface area contributed by atoms with Gasteiger partial charge < -0.3 is 14.2 Å². The summed E-state index contributed by atoms with van der Waals surface area (Å²) in [7, 11) is 0. The van der Waals surface area contributed by atoms with Crippen LogP contribution in [0.4, 0.5) is 0 Å². The highest BCUT2D eigenvalue weighted by molar-refractivity contribution is 5.71. The molecule has 0 unspecified atom stereocenters. The number of hydrogen-bond acceptors (Lipinski definition) is 6. The Kier molecular flexibility index (Phi) is 49.8. The van der Waals surface area contributed by atoms with Gasteiger partial charge in [0.05, 0.1) is 0 Å². The van der Waals surface area contributed by atoms with Gasteiger partial charge in [-0.3, -0.25) is 14.4 Å². The highest BCUT2D eigenvalue weighted by atomic mass is 16.6. The first-order valence-corrected chi connectivity index (χ1v) is 27.1. The van der Waals surface area contributed by atoms with Crippen molar-refractivity contribution in [1.82, 2.24) is 0 Å². The third-order valence-corrected chi connectivity index (χ3v) is 11.8. The zero-order chi connectivity index (χ0) is 45.8. The van der Waals surface area contributed by atoms with E-state index in [1.54, 1.807) is 0 Å². The SMILES string of the molecule is CC/C=C\C/C=C\C/C=C\C/C=C\CCCCC(=O)O[C@@H](COC(=O)CCCCCCCCCCCCC)COC(=O)CCCCCCCCCCCCCCCCCCCCC. The maximum Gasteiger partial charge on any atom is 0.306 e. The molecule has 0 N–H and O–H groups in total. The monoisotopic (exact) mass is 883 g/mol. The molecule has 0 aliphatic rings. The molecule has 0 aromatic rings. The van der Waals surface area contributed by atoms with Crippen molar-refractivity contribution in [2.24, 2.45) is 0 Å². The van der Waals surface area contributed by atoms with E-state index in [-0.39, 0.29) is 37.5 Å². The van der Waals surface area contributed by atoms with Crippen molar-refractivity contribution >= 4 is 17.9 Å². The molecule has 0 aromatic carbocycles. The number of esters is 3. The van der Waals surface area contributed by atoms with Crippen LogP contribution in [0.3, 0.4) is 0 Å². The van der Waals surface area contributed by atoms with Crippen LogP contribution in [0.1, 0.15) is 278 Å². The fourth-order valence-corrected chi connectivity index (χ4v) is 7.79. The van der Waals surface area contributed by atoms with Gasteiger partial charge in [0.15, 0.2) is 6.10 Å². The molecule has 0 radical (unpaired) electrons. The lowest BCUT2D eigenvalue weighted by Crippen LogP contribution is -2.30. The molecule has 6 nitrogen and oxygen atoms in total. The summed E-state index contributed by atoms with van der Waals surface area (Å²) in [6.45, 7) is 6.51.